The van der Waals surface area contributed by atoms with Gasteiger partial charge in [-0.3, -0.25) is 4.79 Å². The summed E-state index contributed by atoms with van der Waals surface area (Å²) in [6.07, 6.45) is 0.379. The largest absolute Gasteiger partial charge is 0.480 e. The molecule has 0 aromatic heterocycles. The Kier molecular flexibility index (Phi) is 7.25. The van der Waals surface area contributed by atoms with Crippen molar-refractivity contribution in [1.29, 1.82) is 0 Å². The summed E-state index contributed by atoms with van der Waals surface area (Å²) in [6, 6.07) is -0.821. The number of carbonyl (C=O) groups excluding carboxylic acids is 1. The minimum absolute atomic E-state index is 0.339. The van der Waals surface area contributed by atoms with Crippen LogP contribution in [0, 0.1) is 0 Å². The van der Waals surface area contributed by atoms with Crippen LogP contribution in [0.25, 0.3) is 0 Å². The molecule has 0 aliphatic rings. The van der Waals surface area contributed by atoms with E-state index in [2.05, 4.69) is 11.9 Å². The lowest BCUT2D eigenvalue weighted by Gasteiger charge is -2.12. The predicted octanol–water partition coefficient (Wildman–Crippen LogP) is 1.45. The van der Waals surface area contributed by atoms with Crippen LogP contribution in [0.4, 0.5) is 0 Å². The van der Waals surface area contributed by atoms with E-state index < -0.39 is 12.0 Å². The molecule has 0 saturated heterocycles. The summed E-state index contributed by atoms with van der Waals surface area (Å²) in [5.74, 6) is -0.151. The molecule has 0 aromatic carbocycles. The van der Waals surface area contributed by atoms with Crippen LogP contribution < -0.4 is 5.32 Å². The van der Waals surface area contributed by atoms with Crippen LogP contribution in [0.15, 0.2) is 11.6 Å². The van der Waals surface area contributed by atoms with E-state index >= 15 is 0 Å². The first-order chi connectivity index (χ1) is 6.93. The normalized spacial score (nSPS) is 11.9. The minimum atomic E-state index is -1.02. The monoisotopic (exact) mass is 251 g/mol. The van der Waals surface area contributed by atoms with Crippen LogP contribution in [0.2, 0.25) is 0 Å². The first-order valence-electron chi connectivity index (χ1n) is 4.34. The van der Waals surface area contributed by atoms with Crippen LogP contribution in [0.1, 0.15) is 13.3 Å². The van der Waals surface area contributed by atoms with E-state index in [1.165, 1.54) is 18.7 Å². The van der Waals surface area contributed by atoms with Gasteiger partial charge in [0.1, 0.15) is 6.04 Å². The summed E-state index contributed by atoms with van der Waals surface area (Å²) < 4.78 is 0. The van der Waals surface area contributed by atoms with Crippen LogP contribution in [-0.4, -0.2) is 34.5 Å². The highest BCUT2D eigenvalue weighted by Crippen LogP contribution is 2.11. The Bertz CT molecular complexity index is 258. The number of carboxylic acids is 1. The van der Waals surface area contributed by atoms with Crippen molar-refractivity contribution < 1.29 is 14.7 Å². The quantitative estimate of drug-likeness (QED) is 0.672. The number of carbonyl (C=O) groups is 2. The molecule has 0 aliphatic heterocycles. The first-order valence-corrected chi connectivity index (χ1v) is 5.87. The van der Waals surface area contributed by atoms with Crippen molar-refractivity contribution in [3.8, 4) is 0 Å². The molecule has 1 atom stereocenters. The Morgan fingerprint density at radius 2 is 2.20 bits per heavy atom. The van der Waals surface area contributed by atoms with Crippen molar-refractivity contribution in [1.82, 2.24) is 5.32 Å². The number of halogens is 1. The molecule has 1 amide bonds. The highest BCUT2D eigenvalue weighted by atomic mass is 35.5. The van der Waals surface area contributed by atoms with E-state index in [0.29, 0.717) is 23.0 Å². The second-order valence-corrected chi connectivity index (χ2v) is 4.59. The molecule has 15 heavy (non-hydrogen) atoms. The maximum absolute atomic E-state index is 10.7. The summed E-state index contributed by atoms with van der Waals surface area (Å²) in [4.78, 5) is 21.4. The molecule has 4 nitrogen and oxygen atoms in total. The third kappa shape index (κ3) is 8.32. The molecular formula is C9H14ClNO3S. The molecule has 0 aromatic rings. The van der Waals surface area contributed by atoms with Crippen LogP contribution >= 0.6 is 23.4 Å². The van der Waals surface area contributed by atoms with E-state index in [1.54, 1.807) is 0 Å². The molecule has 1 unspecified atom stereocenters. The zero-order valence-electron chi connectivity index (χ0n) is 8.46. The van der Waals surface area contributed by atoms with Gasteiger partial charge in [-0.15, -0.1) is 0 Å². The molecule has 0 aliphatic carbocycles. The lowest BCUT2D eigenvalue weighted by Crippen LogP contribution is -2.39. The summed E-state index contributed by atoms with van der Waals surface area (Å²) in [5, 5.41) is 11.7. The summed E-state index contributed by atoms with van der Waals surface area (Å²) in [7, 11) is 0. The number of hydrogen-bond acceptors (Lipinski definition) is 3. The first kappa shape index (κ1) is 14.3. The van der Waals surface area contributed by atoms with Gasteiger partial charge in [0.2, 0.25) is 5.91 Å². The van der Waals surface area contributed by atoms with Gasteiger partial charge in [0.05, 0.1) is 0 Å². The molecule has 2 N–H and O–H groups in total. The topological polar surface area (TPSA) is 66.4 Å². The smallest absolute Gasteiger partial charge is 0.326 e. The Labute approximate surface area is 98.1 Å². The van der Waals surface area contributed by atoms with Gasteiger partial charge in [-0.1, -0.05) is 18.2 Å². The van der Waals surface area contributed by atoms with E-state index in [-0.39, 0.29) is 5.91 Å². The Hall–Kier alpha value is -0.680. The number of thioether (sulfide) groups is 1. The van der Waals surface area contributed by atoms with Crippen LogP contribution in [0.5, 0.6) is 0 Å². The lowest BCUT2D eigenvalue weighted by molar-refractivity contribution is -0.141. The van der Waals surface area contributed by atoms with Gasteiger partial charge in [-0.25, -0.2) is 4.79 Å². The fourth-order valence-electron chi connectivity index (χ4n) is 0.887. The number of rotatable bonds is 7. The second-order valence-electron chi connectivity index (χ2n) is 2.95. The summed E-state index contributed by atoms with van der Waals surface area (Å²) in [5.41, 5.74) is 0. The maximum Gasteiger partial charge on any atom is 0.326 e. The fourth-order valence-corrected chi connectivity index (χ4v) is 1.89. The average Bonchev–Trinajstić information content (AvgIpc) is 2.08. The molecular weight excluding hydrogens is 238 g/mol. The zero-order valence-corrected chi connectivity index (χ0v) is 10.0. The number of amides is 1. The third-order valence-corrected chi connectivity index (χ3v) is 2.85. The van der Waals surface area contributed by atoms with Gasteiger partial charge < -0.3 is 10.4 Å². The summed E-state index contributed by atoms with van der Waals surface area (Å²) >= 11 is 7.03. The van der Waals surface area contributed by atoms with Gasteiger partial charge >= 0.3 is 5.97 Å². The highest BCUT2D eigenvalue weighted by Gasteiger charge is 2.17. The van der Waals surface area contributed by atoms with Gasteiger partial charge in [0, 0.05) is 17.7 Å². The number of hydrogen-bond donors (Lipinski definition) is 2. The molecule has 0 rings (SSSR count). The minimum Gasteiger partial charge on any atom is -0.480 e. The third-order valence-electron chi connectivity index (χ3n) is 1.49. The summed E-state index contributed by atoms with van der Waals surface area (Å²) in [6.45, 7) is 4.81. The molecule has 0 radical (unpaired) electrons. The number of carboxylic acid groups (broad SMARTS) is 1. The molecule has 0 saturated carbocycles. The standard InChI is InChI=1S/C9H14ClNO3S/c1-6(10)5-15-4-3-8(9(13)14)11-7(2)12/h8H,1,3-5H2,2H3,(H,11,12)(H,13,14). The van der Waals surface area contributed by atoms with Crippen molar-refractivity contribution >= 4 is 35.2 Å². The van der Waals surface area contributed by atoms with E-state index in [9.17, 15) is 9.59 Å². The number of nitrogens with one attached hydrogen (secondary N) is 1. The Balaban J connectivity index is 3.81. The molecule has 86 valence electrons. The molecule has 0 fully saturated rings. The van der Waals surface area contributed by atoms with Crippen LogP contribution in [0.3, 0.4) is 0 Å². The second kappa shape index (κ2) is 7.59. The SMILES string of the molecule is C=C(Cl)CSCCC(NC(C)=O)C(=O)O. The Morgan fingerprint density at radius 1 is 1.60 bits per heavy atom. The molecule has 6 heteroatoms. The molecule has 0 heterocycles. The van der Waals surface area contributed by atoms with Crippen molar-refractivity contribution in [2.24, 2.45) is 0 Å². The zero-order chi connectivity index (χ0) is 11.8. The Morgan fingerprint density at radius 3 is 2.60 bits per heavy atom. The maximum atomic E-state index is 10.7. The molecule has 0 bridgehead atoms. The van der Waals surface area contributed by atoms with Crippen molar-refractivity contribution in [3.05, 3.63) is 11.6 Å². The van der Waals surface area contributed by atoms with Crippen LogP contribution in [-0.2, 0) is 9.59 Å². The van der Waals surface area contributed by atoms with Gasteiger partial charge in [0.25, 0.3) is 0 Å². The highest BCUT2D eigenvalue weighted by molar-refractivity contribution is 7.99. The van der Waals surface area contributed by atoms with Crippen molar-refractivity contribution in [2.45, 2.75) is 19.4 Å². The van der Waals surface area contributed by atoms with Crippen molar-refractivity contribution in [3.63, 3.8) is 0 Å². The molecule has 0 spiro atoms. The van der Waals surface area contributed by atoms with E-state index in [0.717, 1.165) is 0 Å². The average molecular weight is 252 g/mol. The van der Waals surface area contributed by atoms with Gasteiger partial charge in [-0.05, 0) is 12.2 Å². The van der Waals surface area contributed by atoms with Gasteiger partial charge in [0.15, 0.2) is 0 Å². The number of aliphatic carboxylic acids is 1. The predicted molar refractivity (Wildman–Crippen MR) is 62.2 cm³/mol. The van der Waals surface area contributed by atoms with E-state index in [4.69, 9.17) is 16.7 Å². The van der Waals surface area contributed by atoms with Gasteiger partial charge in [-0.2, -0.15) is 11.8 Å². The fraction of sp³-hybridized carbons (Fsp3) is 0.556. The van der Waals surface area contributed by atoms with E-state index in [1.807, 2.05) is 0 Å². The lowest BCUT2D eigenvalue weighted by atomic mass is 10.2. The van der Waals surface area contributed by atoms with Crippen molar-refractivity contribution in [2.75, 3.05) is 11.5 Å².